The van der Waals surface area contributed by atoms with Gasteiger partial charge in [0.2, 0.25) is 0 Å². The molecule has 1 N–H and O–H groups in total. The highest BCUT2D eigenvalue weighted by Crippen LogP contribution is 2.25. The highest BCUT2D eigenvalue weighted by atomic mass is 28.1. The van der Waals surface area contributed by atoms with E-state index in [4.69, 9.17) is 9.47 Å². The van der Waals surface area contributed by atoms with Gasteiger partial charge in [-0.25, -0.2) is 0 Å². The number of nitrogens with one attached hydrogen (secondary N) is 1. The van der Waals surface area contributed by atoms with E-state index in [0.717, 1.165) is 32.6 Å². The predicted molar refractivity (Wildman–Crippen MR) is 101 cm³/mol. The second kappa shape index (κ2) is 8.82. The topological polar surface area (TPSA) is 30.5 Å². The van der Waals surface area contributed by atoms with Crippen molar-refractivity contribution in [2.75, 3.05) is 0 Å². The molecule has 0 aliphatic rings. The lowest BCUT2D eigenvalue weighted by atomic mass is 9.89. The lowest BCUT2D eigenvalue weighted by molar-refractivity contribution is -0.0655. The van der Waals surface area contributed by atoms with Crippen LogP contribution in [0.3, 0.4) is 0 Å². The Labute approximate surface area is 138 Å². The quantitative estimate of drug-likeness (QED) is 0.611. The second-order valence-electron chi connectivity index (χ2n) is 7.73. The zero-order valence-electron chi connectivity index (χ0n) is 16.0. The van der Waals surface area contributed by atoms with Gasteiger partial charge in [-0.2, -0.15) is 0 Å². The SMILES string of the molecule is CC(C)OC(C[SiH3])C(C)(C)NC(C)(C)C(C[SiH3])OC(C)C. The molecular weight excluding hydrogens is 294 g/mol. The summed E-state index contributed by atoms with van der Waals surface area (Å²) >= 11 is 0. The standard InChI is InChI=1S/C16H39NO2Si2/c1-11(2)18-13(9-20)15(5,6)17-16(7,8)14(10-21)19-12(3)4/h11-14,17H,9-10H2,1-8,20-21H3. The van der Waals surface area contributed by atoms with Crippen molar-refractivity contribution in [2.24, 2.45) is 0 Å². The van der Waals surface area contributed by atoms with Crippen LogP contribution in [-0.2, 0) is 9.47 Å². The van der Waals surface area contributed by atoms with Gasteiger partial charge >= 0.3 is 0 Å². The second-order valence-corrected chi connectivity index (χ2v) is 9.36. The molecule has 0 saturated carbocycles. The Morgan fingerprint density at radius 2 is 1.05 bits per heavy atom. The maximum atomic E-state index is 6.14. The van der Waals surface area contributed by atoms with E-state index in [1.807, 2.05) is 0 Å². The molecule has 0 amide bonds. The van der Waals surface area contributed by atoms with Gasteiger partial charge < -0.3 is 14.8 Å². The van der Waals surface area contributed by atoms with Crippen LogP contribution in [-0.4, -0.2) is 56.0 Å². The summed E-state index contributed by atoms with van der Waals surface area (Å²) in [7, 11) is 2.31. The van der Waals surface area contributed by atoms with E-state index in [9.17, 15) is 0 Å². The molecule has 0 aliphatic carbocycles. The molecule has 0 fully saturated rings. The van der Waals surface area contributed by atoms with Crippen molar-refractivity contribution in [3.05, 3.63) is 0 Å². The third-order valence-corrected chi connectivity index (χ3v) is 5.35. The summed E-state index contributed by atoms with van der Waals surface area (Å²) in [5.41, 5.74) is -0.102. The molecule has 0 aliphatic heterocycles. The van der Waals surface area contributed by atoms with Crippen LogP contribution >= 0.6 is 0 Å². The van der Waals surface area contributed by atoms with Crippen molar-refractivity contribution in [3.8, 4) is 0 Å². The van der Waals surface area contributed by atoms with Gasteiger partial charge in [0.1, 0.15) is 0 Å². The minimum absolute atomic E-state index is 0.0508. The van der Waals surface area contributed by atoms with Crippen LogP contribution in [0.15, 0.2) is 0 Å². The van der Waals surface area contributed by atoms with Gasteiger partial charge in [-0.3, -0.25) is 0 Å². The zero-order chi connectivity index (χ0) is 16.8. The third-order valence-electron chi connectivity index (χ3n) is 3.87. The average Bonchev–Trinajstić information content (AvgIpc) is 2.30. The first-order valence-electron chi connectivity index (χ1n) is 8.56. The zero-order valence-corrected chi connectivity index (χ0v) is 20.0. The Bertz CT molecular complexity index is 266. The summed E-state index contributed by atoms with van der Waals surface area (Å²) in [6.45, 7) is 17.5. The smallest absolute Gasteiger partial charge is 0.0723 e. The first-order valence-corrected chi connectivity index (χ1v) is 11.4. The minimum atomic E-state index is -0.0508. The molecule has 0 saturated heterocycles. The van der Waals surface area contributed by atoms with Gasteiger partial charge in [0.15, 0.2) is 0 Å². The molecule has 0 spiro atoms. The Morgan fingerprint density at radius 1 is 0.762 bits per heavy atom. The Kier molecular flexibility index (Phi) is 8.95. The fourth-order valence-corrected chi connectivity index (χ4v) is 5.63. The van der Waals surface area contributed by atoms with Crippen molar-refractivity contribution in [3.63, 3.8) is 0 Å². The van der Waals surface area contributed by atoms with Crippen LogP contribution in [0.1, 0.15) is 55.4 Å². The summed E-state index contributed by atoms with van der Waals surface area (Å²) in [5.74, 6) is 0. The summed E-state index contributed by atoms with van der Waals surface area (Å²) in [5, 5.41) is 3.84. The molecule has 128 valence electrons. The normalized spacial score (nSPS) is 16.9. The van der Waals surface area contributed by atoms with E-state index in [1.54, 1.807) is 0 Å². The van der Waals surface area contributed by atoms with Crippen LogP contribution in [0.2, 0.25) is 12.1 Å². The van der Waals surface area contributed by atoms with Crippen molar-refractivity contribution in [2.45, 2.75) is 103 Å². The molecule has 5 heteroatoms. The molecule has 0 aromatic rings. The number of rotatable bonds is 10. The maximum absolute atomic E-state index is 6.14. The van der Waals surface area contributed by atoms with Gasteiger partial charge in [0, 0.05) is 31.6 Å². The summed E-state index contributed by atoms with van der Waals surface area (Å²) in [6.07, 6.45) is 1.07. The fraction of sp³-hybridized carbons (Fsp3) is 1.00. The summed E-state index contributed by atoms with van der Waals surface area (Å²) < 4.78 is 12.3. The molecule has 21 heavy (non-hydrogen) atoms. The number of hydrogen-bond acceptors (Lipinski definition) is 3. The molecule has 0 rings (SSSR count). The highest BCUT2D eigenvalue weighted by molar-refractivity contribution is 6.09. The first kappa shape index (κ1) is 21.3. The molecule has 0 aromatic carbocycles. The van der Waals surface area contributed by atoms with Crippen LogP contribution in [0, 0.1) is 0 Å². The minimum Gasteiger partial charge on any atom is -0.374 e. The van der Waals surface area contributed by atoms with Gasteiger partial charge in [0.25, 0.3) is 0 Å². The van der Waals surface area contributed by atoms with Crippen molar-refractivity contribution in [1.82, 2.24) is 5.32 Å². The third kappa shape index (κ3) is 7.41. The van der Waals surface area contributed by atoms with Crippen molar-refractivity contribution >= 4 is 20.5 Å². The fourth-order valence-electron chi connectivity index (χ4n) is 3.20. The summed E-state index contributed by atoms with van der Waals surface area (Å²) in [4.78, 5) is 0. The van der Waals surface area contributed by atoms with Gasteiger partial charge in [-0.15, -0.1) is 0 Å². The van der Waals surface area contributed by atoms with E-state index in [1.165, 1.54) is 0 Å². The van der Waals surface area contributed by atoms with Crippen LogP contribution in [0.4, 0.5) is 0 Å². The van der Waals surface area contributed by atoms with E-state index >= 15 is 0 Å². The maximum Gasteiger partial charge on any atom is 0.0723 e. The molecule has 0 heterocycles. The molecule has 0 radical (unpaired) electrons. The summed E-state index contributed by atoms with van der Waals surface area (Å²) in [6, 6.07) is 2.29. The molecule has 2 atom stereocenters. The van der Waals surface area contributed by atoms with Crippen molar-refractivity contribution in [1.29, 1.82) is 0 Å². The van der Waals surface area contributed by atoms with Crippen molar-refractivity contribution < 1.29 is 9.47 Å². The van der Waals surface area contributed by atoms with Crippen LogP contribution in [0.5, 0.6) is 0 Å². The molecular formula is C16H39NO2Si2. The monoisotopic (exact) mass is 333 g/mol. The number of ether oxygens (including phenoxy) is 2. The average molecular weight is 334 g/mol. The van der Waals surface area contributed by atoms with E-state index < -0.39 is 0 Å². The molecule has 2 unspecified atom stereocenters. The lowest BCUT2D eigenvalue weighted by Gasteiger charge is -2.45. The van der Waals surface area contributed by atoms with Gasteiger partial charge in [-0.05, 0) is 67.5 Å². The lowest BCUT2D eigenvalue weighted by Crippen LogP contribution is -2.63. The van der Waals surface area contributed by atoms with E-state index in [0.29, 0.717) is 0 Å². The molecule has 3 nitrogen and oxygen atoms in total. The van der Waals surface area contributed by atoms with E-state index in [2.05, 4.69) is 60.7 Å². The Hall–Kier alpha value is 0.314. The highest BCUT2D eigenvalue weighted by Gasteiger charge is 2.38. The van der Waals surface area contributed by atoms with Gasteiger partial charge in [-0.1, -0.05) is 0 Å². The van der Waals surface area contributed by atoms with Gasteiger partial charge in [0.05, 0.1) is 24.4 Å². The number of hydrogen-bond donors (Lipinski definition) is 1. The Balaban J connectivity index is 5.00. The van der Waals surface area contributed by atoms with E-state index in [-0.39, 0.29) is 35.5 Å². The predicted octanol–water partition coefficient (Wildman–Crippen LogP) is 1.29. The molecule has 0 aromatic heterocycles. The Morgan fingerprint density at radius 3 is 1.24 bits per heavy atom. The van der Waals surface area contributed by atoms with Crippen LogP contribution in [0.25, 0.3) is 0 Å². The molecule has 0 bridgehead atoms. The first-order chi connectivity index (χ1) is 9.46. The largest absolute Gasteiger partial charge is 0.374 e. The van der Waals surface area contributed by atoms with Crippen LogP contribution < -0.4 is 5.32 Å².